The largest absolute Gasteiger partial charge is 0.485 e. The number of benzene rings is 2. The number of hydrogen-bond acceptors (Lipinski definition) is 2. The van der Waals surface area contributed by atoms with Crippen LogP contribution in [0, 0.1) is 5.82 Å². The van der Waals surface area contributed by atoms with Gasteiger partial charge in [0.1, 0.15) is 17.7 Å². The van der Waals surface area contributed by atoms with Gasteiger partial charge in [-0.15, -0.1) is 0 Å². The van der Waals surface area contributed by atoms with Gasteiger partial charge in [0, 0.05) is 11.6 Å². The molecule has 2 aromatic rings. The first kappa shape index (κ1) is 15.0. The second-order valence-electron chi connectivity index (χ2n) is 5.24. The van der Waals surface area contributed by atoms with Gasteiger partial charge in [0.2, 0.25) is 5.91 Å². The van der Waals surface area contributed by atoms with Crippen molar-refractivity contribution in [2.24, 2.45) is 0 Å². The Labute approximate surface area is 134 Å². The molecule has 1 N–H and O–H groups in total. The molecule has 0 aromatic heterocycles. The summed E-state index contributed by atoms with van der Waals surface area (Å²) in [7, 11) is 0. The Morgan fingerprint density at radius 1 is 1.17 bits per heavy atom. The van der Waals surface area contributed by atoms with E-state index in [1.165, 1.54) is 18.2 Å². The quantitative estimate of drug-likeness (QED) is 0.864. The van der Waals surface area contributed by atoms with E-state index in [2.05, 4.69) is 5.32 Å². The smallest absolute Gasteiger partial charge is 0.248 e. The molecule has 0 spiro atoms. The molecule has 0 bridgehead atoms. The fraction of sp³-hybridized carbons (Fsp3) is 0.105. The number of ether oxygens (including phenoxy) is 1. The minimum Gasteiger partial charge on any atom is -0.485 e. The van der Waals surface area contributed by atoms with Crippen molar-refractivity contribution in [1.82, 2.24) is 0 Å². The van der Waals surface area contributed by atoms with Crippen LogP contribution in [0.5, 0.6) is 5.75 Å². The topological polar surface area (TPSA) is 38.3 Å². The molecule has 0 saturated heterocycles. The van der Waals surface area contributed by atoms with Crippen LogP contribution < -0.4 is 10.1 Å². The number of fused-ring (bicyclic) bond motifs is 1. The number of carbonyl (C=O) groups excluding carboxylic acids is 1. The lowest BCUT2D eigenvalue weighted by Gasteiger charge is -2.22. The van der Waals surface area contributed by atoms with Gasteiger partial charge in [-0.1, -0.05) is 30.3 Å². The molecule has 1 heterocycles. The SMILES string of the molecule is CC1Oc2ccccc2C=C1/C=C/C(=O)Nc1ccccc1F. The highest BCUT2D eigenvalue weighted by Crippen LogP contribution is 2.29. The molecule has 3 nitrogen and oxygen atoms in total. The van der Waals surface area contributed by atoms with Crippen molar-refractivity contribution in [3.63, 3.8) is 0 Å². The van der Waals surface area contributed by atoms with Crippen molar-refractivity contribution in [1.29, 1.82) is 0 Å². The summed E-state index contributed by atoms with van der Waals surface area (Å²) >= 11 is 0. The lowest BCUT2D eigenvalue weighted by Crippen LogP contribution is -2.18. The van der Waals surface area contributed by atoms with Gasteiger partial charge < -0.3 is 10.1 Å². The third-order valence-corrected chi connectivity index (χ3v) is 3.57. The van der Waals surface area contributed by atoms with Gasteiger partial charge in [0.25, 0.3) is 0 Å². The van der Waals surface area contributed by atoms with Crippen molar-refractivity contribution >= 4 is 17.7 Å². The first-order chi connectivity index (χ1) is 11.1. The van der Waals surface area contributed by atoms with E-state index in [4.69, 9.17) is 4.74 Å². The first-order valence-corrected chi connectivity index (χ1v) is 7.34. The summed E-state index contributed by atoms with van der Waals surface area (Å²) in [5, 5.41) is 2.51. The molecule has 1 aliphatic heterocycles. The highest BCUT2D eigenvalue weighted by Gasteiger charge is 2.16. The predicted octanol–water partition coefficient (Wildman–Crippen LogP) is 4.18. The highest BCUT2D eigenvalue weighted by molar-refractivity contribution is 5.99. The van der Waals surface area contributed by atoms with Gasteiger partial charge in [0.15, 0.2) is 0 Å². The van der Waals surface area contributed by atoms with Gasteiger partial charge in [-0.3, -0.25) is 4.79 Å². The molecule has 0 fully saturated rings. The Bertz CT molecular complexity index is 795. The zero-order chi connectivity index (χ0) is 16.2. The minimum absolute atomic E-state index is 0.151. The maximum absolute atomic E-state index is 13.5. The van der Waals surface area contributed by atoms with E-state index in [1.54, 1.807) is 18.2 Å². The van der Waals surface area contributed by atoms with Crippen LogP contribution in [0.4, 0.5) is 10.1 Å². The van der Waals surface area contributed by atoms with Gasteiger partial charge in [-0.2, -0.15) is 0 Å². The number of halogens is 1. The van der Waals surface area contributed by atoms with E-state index in [1.807, 2.05) is 37.3 Å². The van der Waals surface area contributed by atoms with Gasteiger partial charge in [-0.25, -0.2) is 4.39 Å². The number of carbonyl (C=O) groups is 1. The zero-order valence-electron chi connectivity index (χ0n) is 12.6. The Balaban J connectivity index is 1.74. The molecule has 1 amide bonds. The number of amides is 1. The van der Waals surface area contributed by atoms with E-state index in [0.717, 1.165) is 16.9 Å². The number of rotatable bonds is 3. The van der Waals surface area contributed by atoms with Crippen molar-refractivity contribution in [3.05, 3.63) is 77.6 Å². The van der Waals surface area contributed by atoms with Gasteiger partial charge in [0.05, 0.1) is 5.69 Å². The Morgan fingerprint density at radius 2 is 1.91 bits per heavy atom. The first-order valence-electron chi connectivity index (χ1n) is 7.34. The third-order valence-electron chi connectivity index (χ3n) is 3.57. The average molecular weight is 309 g/mol. The van der Waals surface area contributed by atoms with Crippen LogP contribution in [-0.4, -0.2) is 12.0 Å². The maximum atomic E-state index is 13.5. The molecular weight excluding hydrogens is 293 g/mol. The van der Waals surface area contributed by atoms with Crippen LogP contribution in [0.1, 0.15) is 12.5 Å². The number of anilines is 1. The van der Waals surface area contributed by atoms with Crippen molar-refractivity contribution in [3.8, 4) is 5.75 Å². The van der Waals surface area contributed by atoms with Crippen LogP contribution in [0.2, 0.25) is 0 Å². The molecule has 0 aliphatic carbocycles. The normalized spacial score (nSPS) is 16.4. The number of hydrogen-bond donors (Lipinski definition) is 1. The molecule has 116 valence electrons. The predicted molar refractivity (Wildman–Crippen MR) is 88.7 cm³/mol. The summed E-state index contributed by atoms with van der Waals surface area (Å²) in [6.07, 6.45) is 4.90. The lowest BCUT2D eigenvalue weighted by atomic mass is 10.0. The van der Waals surface area contributed by atoms with Crippen LogP contribution in [0.25, 0.3) is 6.08 Å². The molecule has 4 heteroatoms. The summed E-state index contributed by atoms with van der Waals surface area (Å²) < 4.78 is 19.3. The summed E-state index contributed by atoms with van der Waals surface area (Å²) in [4.78, 5) is 11.9. The van der Waals surface area contributed by atoms with E-state index < -0.39 is 5.82 Å². The van der Waals surface area contributed by atoms with Crippen molar-refractivity contribution in [2.75, 3.05) is 5.32 Å². The highest BCUT2D eigenvalue weighted by atomic mass is 19.1. The molecule has 1 unspecified atom stereocenters. The second-order valence-corrected chi connectivity index (χ2v) is 5.24. The van der Waals surface area contributed by atoms with Crippen LogP contribution in [0.15, 0.2) is 66.3 Å². The van der Waals surface area contributed by atoms with Crippen molar-refractivity contribution < 1.29 is 13.9 Å². The van der Waals surface area contributed by atoms with Crippen molar-refractivity contribution in [2.45, 2.75) is 13.0 Å². The fourth-order valence-electron chi connectivity index (χ4n) is 2.36. The molecule has 0 saturated carbocycles. The summed E-state index contributed by atoms with van der Waals surface area (Å²) in [6, 6.07) is 13.8. The molecule has 1 atom stereocenters. The van der Waals surface area contributed by atoms with Gasteiger partial charge in [-0.05, 0) is 42.8 Å². The minimum atomic E-state index is -0.461. The Hall–Kier alpha value is -2.88. The molecular formula is C19H16FNO2. The second kappa shape index (κ2) is 6.48. The summed E-state index contributed by atoms with van der Waals surface area (Å²) in [6.45, 7) is 1.92. The van der Waals surface area contributed by atoms with E-state index in [9.17, 15) is 9.18 Å². The standard InChI is InChI=1S/C19H16FNO2/c1-13-14(12-15-6-2-5-9-18(15)23-13)10-11-19(22)21-17-8-4-3-7-16(17)20/h2-13H,1H3,(H,21,22)/b11-10+. The number of nitrogens with one attached hydrogen (secondary N) is 1. The molecule has 0 radical (unpaired) electrons. The number of para-hydroxylation sites is 2. The monoisotopic (exact) mass is 309 g/mol. The Kier molecular flexibility index (Phi) is 4.24. The molecule has 3 rings (SSSR count). The maximum Gasteiger partial charge on any atom is 0.248 e. The zero-order valence-corrected chi connectivity index (χ0v) is 12.6. The van der Waals surface area contributed by atoms with E-state index in [-0.39, 0.29) is 17.7 Å². The van der Waals surface area contributed by atoms with E-state index in [0.29, 0.717) is 0 Å². The summed E-state index contributed by atoms with van der Waals surface area (Å²) in [5.41, 5.74) is 2.02. The Morgan fingerprint density at radius 3 is 2.74 bits per heavy atom. The fourth-order valence-corrected chi connectivity index (χ4v) is 2.36. The third kappa shape index (κ3) is 3.48. The van der Waals surface area contributed by atoms with Crippen LogP contribution in [-0.2, 0) is 4.79 Å². The average Bonchev–Trinajstić information content (AvgIpc) is 2.55. The van der Waals surface area contributed by atoms with Gasteiger partial charge >= 0.3 is 0 Å². The summed E-state index contributed by atoms with van der Waals surface area (Å²) in [5.74, 6) is -0.0215. The molecule has 1 aliphatic rings. The molecule has 2 aromatic carbocycles. The molecule has 23 heavy (non-hydrogen) atoms. The van der Waals surface area contributed by atoms with Crippen LogP contribution in [0.3, 0.4) is 0 Å². The lowest BCUT2D eigenvalue weighted by molar-refractivity contribution is -0.111. The van der Waals surface area contributed by atoms with E-state index >= 15 is 0 Å². The van der Waals surface area contributed by atoms with Crippen LogP contribution >= 0.6 is 0 Å².